The molecule has 5 atom stereocenters. The van der Waals surface area contributed by atoms with Crippen LogP contribution >= 0.6 is 0 Å². The maximum absolute atomic E-state index is 13.3. The molecule has 8 nitrogen and oxygen atoms in total. The summed E-state index contributed by atoms with van der Waals surface area (Å²) >= 11 is 0. The van der Waals surface area contributed by atoms with Crippen LogP contribution in [0.3, 0.4) is 0 Å². The Kier molecular flexibility index (Phi) is 3.85. The number of carbonyl (C=O) groups is 4. The van der Waals surface area contributed by atoms with Crippen LogP contribution in [0.2, 0.25) is 0 Å². The van der Waals surface area contributed by atoms with Crippen LogP contribution in [0.5, 0.6) is 0 Å². The molecule has 142 valence electrons. The van der Waals surface area contributed by atoms with Crippen LogP contribution in [-0.2, 0) is 24.7 Å². The minimum Gasteiger partial charge on any atom is -0.369 e. The molecule has 0 bridgehead atoms. The van der Waals surface area contributed by atoms with Crippen molar-refractivity contribution in [2.75, 3.05) is 5.32 Å². The molecule has 0 saturated carbocycles. The number of anilines is 1. The average molecular weight is 371 g/mol. The van der Waals surface area contributed by atoms with E-state index in [0.29, 0.717) is 17.7 Å². The SMILES string of the molecule is CC[C@@H](C)N1C(=O)[C@@H]2[C@H](CC(N)=O)[NH2+][C@@]3(C(=O)Nc4ccccc43)[C@@H]2C1=O. The van der Waals surface area contributed by atoms with Crippen LogP contribution in [0, 0.1) is 11.8 Å². The summed E-state index contributed by atoms with van der Waals surface area (Å²) in [5.74, 6) is -3.10. The van der Waals surface area contributed by atoms with E-state index in [-0.39, 0.29) is 30.2 Å². The van der Waals surface area contributed by atoms with Crippen LogP contribution in [0.1, 0.15) is 32.3 Å². The standard InChI is InChI=1S/C19H22N4O4/c1-3-9(2)23-16(25)14-12(8-13(20)24)22-19(15(14)17(23)26)10-6-4-5-7-11(10)21-18(19)27/h4-7,9,12,14-15,22H,3,8H2,1-2H3,(H2,20,24)(H,21,27)/p+1/t9-,12+,14-,15+,19-/m1/s1. The molecule has 4 rings (SSSR count). The first-order valence-electron chi connectivity index (χ1n) is 9.25. The zero-order valence-corrected chi connectivity index (χ0v) is 15.3. The molecule has 2 fully saturated rings. The minimum atomic E-state index is -1.24. The van der Waals surface area contributed by atoms with Crippen molar-refractivity contribution in [2.24, 2.45) is 17.6 Å². The summed E-state index contributed by atoms with van der Waals surface area (Å²) in [6.07, 6.45) is 0.558. The fourth-order valence-corrected chi connectivity index (χ4v) is 4.98. The van der Waals surface area contributed by atoms with Crippen molar-refractivity contribution in [3.05, 3.63) is 29.8 Å². The van der Waals surface area contributed by atoms with Gasteiger partial charge in [0, 0.05) is 11.6 Å². The second kappa shape index (κ2) is 5.88. The van der Waals surface area contributed by atoms with Crippen molar-refractivity contribution >= 4 is 29.3 Å². The Hall–Kier alpha value is -2.74. The number of amides is 4. The predicted octanol–water partition coefficient (Wildman–Crippen LogP) is -0.945. The Balaban J connectivity index is 1.88. The molecule has 8 heteroatoms. The Bertz CT molecular complexity index is 869. The monoisotopic (exact) mass is 371 g/mol. The van der Waals surface area contributed by atoms with Crippen molar-refractivity contribution in [2.45, 2.75) is 44.3 Å². The molecule has 27 heavy (non-hydrogen) atoms. The number of likely N-dealkylation sites (tertiary alicyclic amines) is 1. The summed E-state index contributed by atoms with van der Waals surface area (Å²) in [6.45, 7) is 3.72. The lowest BCUT2D eigenvalue weighted by Crippen LogP contribution is -2.99. The third-order valence-corrected chi connectivity index (χ3v) is 6.28. The Morgan fingerprint density at radius 2 is 2.00 bits per heavy atom. The van der Waals surface area contributed by atoms with E-state index in [1.54, 1.807) is 29.6 Å². The van der Waals surface area contributed by atoms with Gasteiger partial charge in [-0.3, -0.25) is 24.1 Å². The zero-order chi connectivity index (χ0) is 19.5. The molecule has 5 N–H and O–H groups in total. The number of primary amides is 1. The summed E-state index contributed by atoms with van der Waals surface area (Å²) < 4.78 is 0. The Morgan fingerprint density at radius 3 is 2.67 bits per heavy atom. The fraction of sp³-hybridized carbons (Fsp3) is 0.474. The van der Waals surface area contributed by atoms with Gasteiger partial charge in [0.2, 0.25) is 23.3 Å². The smallest absolute Gasteiger partial charge is 0.291 e. The van der Waals surface area contributed by atoms with Gasteiger partial charge in [-0.1, -0.05) is 25.1 Å². The van der Waals surface area contributed by atoms with Gasteiger partial charge in [-0.05, 0) is 19.4 Å². The fourth-order valence-electron chi connectivity index (χ4n) is 4.98. The molecule has 0 aromatic heterocycles. The summed E-state index contributed by atoms with van der Waals surface area (Å²) in [5.41, 5.74) is 5.49. The van der Waals surface area contributed by atoms with Gasteiger partial charge in [-0.25, -0.2) is 0 Å². The number of imide groups is 1. The van der Waals surface area contributed by atoms with Crippen molar-refractivity contribution < 1.29 is 24.5 Å². The maximum Gasteiger partial charge on any atom is 0.291 e. The summed E-state index contributed by atoms with van der Waals surface area (Å²) in [4.78, 5) is 52.5. The second-order valence-electron chi connectivity index (χ2n) is 7.68. The molecule has 2 saturated heterocycles. The highest BCUT2D eigenvalue weighted by atomic mass is 16.2. The maximum atomic E-state index is 13.3. The second-order valence-corrected chi connectivity index (χ2v) is 7.68. The van der Waals surface area contributed by atoms with E-state index in [1.807, 2.05) is 13.8 Å². The van der Waals surface area contributed by atoms with Gasteiger partial charge in [-0.2, -0.15) is 0 Å². The van der Waals surface area contributed by atoms with Crippen LogP contribution in [0.4, 0.5) is 5.69 Å². The van der Waals surface area contributed by atoms with E-state index in [0.717, 1.165) is 0 Å². The van der Waals surface area contributed by atoms with Gasteiger partial charge in [-0.15, -0.1) is 0 Å². The zero-order valence-electron chi connectivity index (χ0n) is 15.3. The highest BCUT2D eigenvalue weighted by Crippen LogP contribution is 2.49. The van der Waals surface area contributed by atoms with E-state index in [2.05, 4.69) is 5.32 Å². The number of benzene rings is 1. The topological polar surface area (TPSA) is 126 Å². The lowest BCUT2D eigenvalue weighted by atomic mass is 9.76. The molecule has 3 aliphatic rings. The third kappa shape index (κ3) is 2.19. The van der Waals surface area contributed by atoms with Crippen molar-refractivity contribution in [1.82, 2.24) is 4.90 Å². The van der Waals surface area contributed by atoms with E-state index < -0.39 is 29.3 Å². The van der Waals surface area contributed by atoms with Crippen LogP contribution in [-0.4, -0.2) is 40.6 Å². The quantitative estimate of drug-likeness (QED) is 0.590. The van der Waals surface area contributed by atoms with E-state index >= 15 is 0 Å². The number of fused-ring (bicyclic) bond motifs is 4. The molecule has 0 aliphatic carbocycles. The summed E-state index contributed by atoms with van der Waals surface area (Å²) in [5, 5.41) is 4.56. The van der Waals surface area contributed by atoms with Gasteiger partial charge >= 0.3 is 0 Å². The number of nitrogens with zero attached hydrogens (tertiary/aromatic N) is 1. The minimum absolute atomic E-state index is 0.0638. The largest absolute Gasteiger partial charge is 0.369 e. The first-order chi connectivity index (χ1) is 12.8. The Morgan fingerprint density at radius 1 is 1.30 bits per heavy atom. The molecule has 4 amide bonds. The van der Waals surface area contributed by atoms with E-state index in [1.165, 1.54) is 4.90 Å². The lowest BCUT2D eigenvalue weighted by Gasteiger charge is -2.28. The number of quaternary nitrogens is 1. The number of nitrogens with one attached hydrogen (secondary N) is 1. The van der Waals surface area contributed by atoms with Crippen LogP contribution in [0.15, 0.2) is 24.3 Å². The van der Waals surface area contributed by atoms with E-state index in [9.17, 15) is 19.2 Å². The number of para-hydroxylation sites is 1. The molecule has 3 aliphatic heterocycles. The molecule has 1 aromatic carbocycles. The Labute approximate surface area is 156 Å². The molecule has 1 spiro atoms. The number of rotatable bonds is 4. The summed E-state index contributed by atoms with van der Waals surface area (Å²) in [7, 11) is 0. The van der Waals surface area contributed by atoms with Gasteiger partial charge in [0.15, 0.2) is 0 Å². The molecule has 0 unspecified atom stereocenters. The highest BCUT2D eigenvalue weighted by molar-refractivity contribution is 6.14. The first-order valence-corrected chi connectivity index (χ1v) is 9.25. The van der Waals surface area contributed by atoms with Crippen molar-refractivity contribution in [1.29, 1.82) is 0 Å². The predicted molar refractivity (Wildman–Crippen MR) is 94.9 cm³/mol. The normalized spacial score (nSPS) is 32.6. The third-order valence-electron chi connectivity index (χ3n) is 6.28. The molecule has 3 heterocycles. The van der Waals surface area contributed by atoms with E-state index in [4.69, 9.17) is 5.73 Å². The van der Waals surface area contributed by atoms with Crippen LogP contribution in [0.25, 0.3) is 0 Å². The first kappa shape index (κ1) is 17.7. The molecular weight excluding hydrogens is 348 g/mol. The van der Waals surface area contributed by atoms with Gasteiger partial charge in [0.05, 0.1) is 12.1 Å². The highest BCUT2D eigenvalue weighted by Gasteiger charge is 2.74. The van der Waals surface area contributed by atoms with Gasteiger partial charge < -0.3 is 16.4 Å². The van der Waals surface area contributed by atoms with Gasteiger partial charge in [0.25, 0.3) is 5.91 Å². The lowest BCUT2D eigenvalue weighted by molar-refractivity contribution is -0.732. The van der Waals surface area contributed by atoms with Crippen molar-refractivity contribution in [3.8, 4) is 0 Å². The number of hydrogen-bond acceptors (Lipinski definition) is 4. The number of carbonyl (C=O) groups excluding carboxylic acids is 4. The summed E-state index contributed by atoms with van der Waals surface area (Å²) in [6, 6.07) is 6.38. The number of hydrogen-bond donors (Lipinski definition) is 3. The molecule has 1 aromatic rings. The number of nitrogens with two attached hydrogens (primary N) is 2. The van der Waals surface area contributed by atoms with Crippen molar-refractivity contribution in [3.63, 3.8) is 0 Å². The average Bonchev–Trinajstić information content (AvgIpc) is 3.19. The van der Waals surface area contributed by atoms with Crippen LogP contribution < -0.4 is 16.4 Å². The molecular formula is C19H23N4O4+. The van der Waals surface area contributed by atoms with Gasteiger partial charge in [0.1, 0.15) is 17.9 Å². The molecule has 0 radical (unpaired) electrons.